The van der Waals surface area contributed by atoms with E-state index in [4.69, 9.17) is 0 Å². The summed E-state index contributed by atoms with van der Waals surface area (Å²) in [4.78, 5) is 23.2. The number of aromatic nitrogens is 1. The minimum Gasteiger partial charge on any atom is -0.347 e. The molecule has 0 aliphatic rings. The smallest absolute Gasteiger partial charge is 0.268 e. The molecule has 0 radical (unpaired) electrons. The van der Waals surface area contributed by atoms with E-state index in [1.54, 1.807) is 23.9 Å². The number of amides is 2. The number of nitrogens with zero attached hydrogens (tertiary/aromatic N) is 1. The Bertz CT molecular complexity index is 657. The van der Waals surface area contributed by atoms with Gasteiger partial charge in [0.25, 0.3) is 5.91 Å². The van der Waals surface area contributed by atoms with Crippen molar-refractivity contribution in [2.24, 2.45) is 7.05 Å². The lowest BCUT2D eigenvalue weighted by atomic mass is 10.1. The van der Waals surface area contributed by atoms with Crippen molar-refractivity contribution in [1.82, 2.24) is 9.88 Å². The summed E-state index contributed by atoms with van der Waals surface area (Å²) in [5, 5.41) is 5.53. The van der Waals surface area contributed by atoms with Crippen LogP contribution in [0.25, 0.3) is 0 Å². The van der Waals surface area contributed by atoms with Crippen LogP contribution >= 0.6 is 0 Å². The Morgan fingerprint density at radius 1 is 1.19 bits per heavy atom. The van der Waals surface area contributed by atoms with Crippen LogP contribution in [0, 0.1) is 6.92 Å². The third kappa shape index (κ3) is 3.95. The van der Waals surface area contributed by atoms with Crippen LogP contribution in [-0.2, 0) is 18.4 Å². The number of rotatable bonds is 4. The summed E-state index contributed by atoms with van der Waals surface area (Å²) in [5.74, 6) is -0.332. The molecule has 1 aromatic carbocycles. The van der Waals surface area contributed by atoms with Crippen LogP contribution in [-0.4, -0.2) is 16.4 Å². The molecule has 0 saturated heterocycles. The van der Waals surface area contributed by atoms with Crippen molar-refractivity contribution in [2.75, 3.05) is 5.32 Å². The zero-order valence-corrected chi connectivity index (χ0v) is 12.4. The first-order valence-corrected chi connectivity index (χ1v) is 6.73. The zero-order valence-electron chi connectivity index (χ0n) is 12.4. The topological polar surface area (TPSA) is 63.1 Å². The molecule has 2 N–H and O–H groups in total. The Labute approximate surface area is 124 Å². The molecule has 2 aromatic rings. The maximum atomic E-state index is 12.2. The first-order valence-electron chi connectivity index (χ1n) is 6.73. The van der Waals surface area contributed by atoms with Gasteiger partial charge >= 0.3 is 0 Å². The fourth-order valence-electron chi connectivity index (χ4n) is 2.04. The Morgan fingerprint density at radius 3 is 2.48 bits per heavy atom. The van der Waals surface area contributed by atoms with Gasteiger partial charge in [0.1, 0.15) is 5.69 Å². The average Bonchev–Trinajstić information content (AvgIpc) is 2.77. The number of anilines is 1. The molecule has 2 amide bonds. The van der Waals surface area contributed by atoms with Crippen LogP contribution in [0.3, 0.4) is 0 Å². The summed E-state index contributed by atoms with van der Waals surface area (Å²) in [7, 11) is 1.77. The summed E-state index contributed by atoms with van der Waals surface area (Å²) in [6, 6.07) is 9.66. The van der Waals surface area contributed by atoms with Crippen molar-refractivity contribution in [3.63, 3.8) is 0 Å². The molecule has 110 valence electrons. The largest absolute Gasteiger partial charge is 0.347 e. The maximum Gasteiger partial charge on any atom is 0.268 e. The van der Waals surface area contributed by atoms with E-state index < -0.39 is 0 Å². The number of hydrogen-bond acceptors (Lipinski definition) is 2. The van der Waals surface area contributed by atoms with Gasteiger partial charge in [0.2, 0.25) is 5.91 Å². The fourth-order valence-corrected chi connectivity index (χ4v) is 2.04. The van der Waals surface area contributed by atoms with Gasteiger partial charge in [-0.05, 0) is 18.6 Å². The van der Waals surface area contributed by atoms with Crippen molar-refractivity contribution in [1.29, 1.82) is 0 Å². The number of nitrogens with one attached hydrogen (secondary N) is 2. The highest BCUT2D eigenvalue weighted by Gasteiger charge is 2.12. The first-order chi connectivity index (χ1) is 9.95. The lowest BCUT2D eigenvalue weighted by molar-refractivity contribution is -0.114. The van der Waals surface area contributed by atoms with E-state index in [0.29, 0.717) is 17.9 Å². The molecule has 0 saturated carbocycles. The molecule has 21 heavy (non-hydrogen) atoms. The normalized spacial score (nSPS) is 10.2. The number of aryl methyl sites for hydroxylation is 2. The van der Waals surface area contributed by atoms with Gasteiger partial charge in [-0.2, -0.15) is 0 Å². The predicted octanol–water partition coefficient (Wildman–Crippen LogP) is 2.22. The Balaban J connectivity index is 2.01. The minimum atomic E-state index is -0.172. The Morgan fingerprint density at radius 2 is 1.86 bits per heavy atom. The van der Waals surface area contributed by atoms with Gasteiger partial charge < -0.3 is 15.2 Å². The van der Waals surface area contributed by atoms with Gasteiger partial charge in [-0.25, -0.2) is 0 Å². The van der Waals surface area contributed by atoms with Crippen LogP contribution < -0.4 is 10.6 Å². The first kappa shape index (κ1) is 14.8. The standard InChI is InChI=1S/C16H19N3O2/c1-11-4-6-13(7-5-11)9-17-16(21)15-8-14(10-19(15)3)18-12(2)20/h4-8,10H,9H2,1-3H3,(H,17,21)(H,18,20). The molecular formula is C16H19N3O2. The molecule has 0 fully saturated rings. The van der Waals surface area contributed by atoms with Crippen molar-refractivity contribution in [2.45, 2.75) is 20.4 Å². The van der Waals surface area contributed by atoms with Crippen LogP contribution in [0.1, 0.15) is 28.5 Å². The highest BCUT2D eigenvalue weighted by molar-refractivity contribution is 5.96. The summed E-state index contributed by atoms with van der Waals surface area (Å²) in [5.41, 5.74) is 3.36. The monoisotopic (exact) mass is 285 g/mol. The molecule has 1 aromatic heterocycles. The lowest BCUT2D eigenvalue weighted by Crippen LogP contribution is -2.24. The average molecular weight is 285 g/mol. The molecular weight excluding hydrogens is 266 g/mol. The van der Waals surface area contributed by atoms with E-state index in [0.717, 1.165) is 5.56 Å². The van der Waals surface area contributed by atoms with Crippen molar-refractivity contribution >= 4 is 17.5 Å². The van der Waals surface area contributed by atoms with E-state index in [1.807, 2.05) is 31.2 Å². The molecule has 0 bridgehead atoms. The zero-order chi connectivity index (χ0) is 15.4. The molecule has 5 heteroatoms. The third-order valence-electron chi connectivity index (χ3n) is 3.13. The Kier molecular flexibility index (Phi) is 4.42. The van der Waals surface area contributed by atoms with Crippen LogP contribution in [0.5, 0.6) is 0 Å². The van der Waals surface area contributed by atoms with Crippen LogP contribution in [0.4, 0.5) is 5.69 Å². The quantitative estimate of drug-likeness (QED) is 0.904. The van der Waals surface area contributed by atoms with Gasteiger partial charge in [0.05, 0.1) is 5.69 Å². The second-order valence-corrected chi connectivity index (χ2v) is 5.07. The molecule has 0 aliphatic heterocycles. The number of carbonyl (C=O) groups is 2. The molecule has 0 unspecified atom stereocenters. The summed E-state index contributed by atoms with van der Waals surface area (Å²) in [6.07, 6.45) is 1.71. The van der Waals surface area contributed by atoms with Crippen molar-refractivity contribution in [3.05, 3.63) is 53.3 Å². The summed E-state index contributed by atoms with van der Waals surface area (Å²) < 4.78 is 1.69. The van der Waals surface area contributed by atoms with Crippen molar-refractivity contribution in [3.8, 4) is 0 Å². The SMILES string of the molecule is CC(=O)Nc1cc(C(=O)NCc2ccc(C)cc2)n(C)c1. The van der Waals surface area contributed by atoms with E-state index in [1.165, 1.54) is 12.5 Å². The third-order valence-corrected chi connectivity index (χ3v) is 3.13. The van der Waals surface area contributed by atoms with Gasteiger partial charge in [-0.15, -0.1) is 0 Å². The molecule has 0 aliphatic carbocycles. The fraction of sp³-hybridized carbons (Fsp3) is 0.250. The Hall–Kier alpha value is -2.56. The number of hydrogen-bond donors (Lipinski definition) is 2. The number of benzene rings is 1. The minimum absolute atomic E-state index is 0.160. The van der Waals surface area contributed by atoms with Gasteiger partial charge in [0.15, 0.2) is 0 Å². The second kappa shape index (κ2) is 6.26. The predicted molar refractivity (Wildman–Crippen MR) is 82.1 cm³/mol. The van der Waals surface area contributed by atoms with Gasteiger partial charge in [0, 0.05) is 26.7 Å². The summed E-state index contributed by atoms with van der Waals surface area (Å²) in [6.45, 7) is 3.93. The molecule has 1 heterocycles. The van der Waals surface area contributed by atoms with E-state index in [9.17, 15) is 9.59 Å². The van der Waals surface area contributed by atoms with Gasteiger partial charge in [-0.1, -0.05) is 29.8 Å². The lowest BCUT2D eigenvalue weighted by Gasteiger charge is -2.06. The van der Waals surface area contributed by atoms with E-state index in [2.05, 4.69) is 10.6 Å². The highest BCUT2D eigenvalue weighted by atomic mass is 16.2. The molecule has 5 nitrogen and oxygen atoms in total. The van der Waals surface area contributed by atoms with Gasteiger partial charge in [-0.3, -0.25) is 9.59 Å². The number of carbonyl (C=O) groups excluding carboxylic acids is 2. The molecule has 2 rings (SSSR count). The summed E-state index contributed by atoms with van der Waals surface area (Å²) >= 11 is 0. The van der Waals surface area contributed by atoms with Crippen molar-refractivity contribution < 1.29 is 9.59 Å². The maximum absolute atomic E-state index is 12.2. The molecule has 0 spiro atoms. The highest BCUT2D eigenvalue weighted by Crippen LogP contribution is 2.13. The van der Waals surface area contributed by atoms with E-state index >= 15 is 0 Å². The van der Waals surface area contributed by atoms with E-state index in [-0.39, 0.29) is 11.8 Å². The van der Waals surface area contributed by atoms with Crippen LogP contribution in [0.2, 0.25) is 0 Å². The second-order valence-electron chi connectivity index (χ2n) is 5.07. The van der Waals surface area contributed by atoms with Crippen LogP contribution in [0.15, 0.2) is 36.5 Å². The molecule has 0 atom stereocenters.